The lowest BCUT2D eigenvalue weighted by Gasteiger charge is -2.44. The number of aliphatic hydroxyl groups excluding tert-OH is 5. The molecular formula is C11H19NO10. The van der Waals surface area contributed by atoms with Crippen LogP contribution in [0.15, 0.2) is 0 Å². The van der Waals surface area contributed by atoms with Gasteiger partial charge in [0.15, 0.2) is 0 Å². The molecule has 0 bridgehead atoms. The molecule has 11 heteroatoms. The summed E-state index contributed by atoms with van der Waals surface area (Å²) in [5.74, 6) is -5.64. The second kappa shape index (κ2) is 7.28. The van der Waals surface area contributed by atoms with E-state index in [1.807, 2.05) is 0 Å². The van der Waals surface area contributed by atoms with E-state index in [9.17, 15) is 30.0 Å². The monoisotopic (exact) mass is 325 g/mol. The van der Waals surface area contributed by atoms with Gasteiger partial charge in [0.05, 0.1) is 18.8 Å². The Morgan fingerprint density at radius 2 is 1.91 bits per heavy atom. The van der Waals surface area contributed by atoms with Gasteiger partial charge in [-0.3, -0.25) is 4.79 Å². The molecule has 6 atom stereocenters. The van der Waals surface area contributed by atoms with E-state index in [0.29, 0.717) is 0 Å². The van der Waals surface area contributed by atoms with Crippen molar-refractivity contribution in [1.82, 2.24) is 5.32 Å². The number of rotatable bonds is 6. The van der Waals surface area contributed by atoms with Crippen LogP contribution in [-0.2, 0) is 14.3 Å². The molecule has 1 amide bonds. The van der Waals surface area contributed by atoms with Crippen LogP contribution in [0.25, 0.3) is 0 Å². The molecule has 1 aliphatic heterocycles. The van der Waals surface area contributed by atoms with E-state index in [0.717, 1.165) is 0 Å². The molecule has 1 fully saturated rings. The van der Waals surface area contributed by atoms with Gasteiger partial charge in [0.25, 0.3) is 5.79 Å². The van der Waals surface area contributed by atoms with Gasteiger partial charge < -0.3 is 45.8 Å². The first kappa shape index (κ1) is 18.7. The molecule has 0 saturated carbocycles. The summed E-state index contributed by atoms with van der Waals surface area (Å²) in [6, 6.07) is -1.42. The van der Waals surface area contributed by atoms with Crippen molar-refractivity contribution in [2.75, 3.05) is 13.2 Å². The zero-order valence-corrected chi connectivity index (χ0v) is 11.4. The quantitative estimate of drug-likeness (QED) is 0.234. The van der Waals surface area contributed by atoms with Crippen LogP contribution < -0.4 is 5.32 Å². The molecule has 0 spiro atoms. The van der Waals surface area contributed by atoms with Crippen molar-refractivity contribution >= 4 is 11.9 Å². The number of ether oxygens (including phenoxy) is 1. The van der Waals surface area contributed by atoms with Crippen molar-refractivity contribution < 1.29 is 50.1 Å². The number of carboxylic acids is 1. The van der Waals surface area contributed by atoms with Crippen LogP contribution >= 0.6 is 0 Å². The maximum absolute atomic E-state index is 11.2. The summed E-state index contributed by atoms with van der Waals surface area (Å²) in [4.78, 5) is 22.2. The molecule has 22 heavy (non-hydrogen) atoms. The average Bonchev–Trinajstić information content (AvgIpc) is 2.47. The Morgan fingerprint density at radius 3 is 2.36 bits per heavy atom. The number of carbonyl (C=O) groups is 2. The number of carboxylic acid groups (broad SMARTS) is 1. The van der Waals surface area contributed by atoms with E-state index < -0.39 is 67.8 Å². The smallest absolute Gasteiger partial charge is 0.364 e. The van der Waals surface area contributed by atoms with E-state index in [4.69, 9.17) is 20.1 Å². The molecule has 8 N–H and O–H groups in total. The van der Waals surface area contributed by atoms with E-state index in [1.54, 1.807) is 0 Å². The van der Waals surface area contributed by atoms with Gasteiger partial charge in [-0.1, -0.05) is 0 Å². The topological polar surface area (TPSA) is 197 Å². The highest BCUT2D eigenvalue weighted by Gasteiger charge is 2.53. The Hall–Kier alpha value is -1.34. The lowest BCUT2D eigenvalue weighted by Crippen LogP contribution is -2.67. The standard InChI is InChI=1S/C11H19NO10/c13-2-5(16)8(18)9-7(12-6(17)3-14)4(15)1-11(21,22-9)10(19)20/h4-5,7-9,13-16,18,21H,1-3H2,(H,12,17)(H,19,20)/t4-,5-,7+,8-,9?,11?/m1/s1. The Bertz CT molecular complexity index is 418. The van der Waals surface area contributed by atoms with Crippen LogP contribution in [0, 0.1) is 0 Å². The number of carbonyl (C=O) groups excluding carboxylic acids is 1. The summed E-state index contributed by atoms with van der Waals surface area (Å²) < 4.78 is 4.83. The molecule has 1 heterocycles. The summed E-state index contributed by atoms with van der Waals surface area (Å²) >= 11 is 0. The molecule has 128 valence electrons. The number of amides is 1. The van der Waals surface area contributed by atoms with Crippen LogP contribution in [-0.4, -0.2) is 97.1 Å². The van der Waals surface area contributed by atoms with Crippen molar-refractivity contribution in [3.63, 3.8) is 0 Å². The summed E-state index contributed by atoms with van der Waals surface area (Å²) in [5, 5.41) is 67.5. The van der Waals surface area contributed by atoms with Crippen molar-refractivity contribution in [1.29, 1.82) is 0 Å². The van der Waals surface area contributed by atoms with Gasteiger partial charge in [-0.25, -0.2) is 4.79 Å². The predicted octanol–water partition coefficient (Wildman–Crippen LogP) is -4.90. The first-order chi connectivity index (χ1) is 10.2. The summed E-state index contributed by atoms with van der Waals surface area (Å²) in [6.45, 7) is -1.86. The van der Waals surface area contributed by atoms with Crippen LogP contribution in [0.5, 0.6) is 0 Å². The number of nitrogens with one attached hydrogen (secondary N) is 1. The molecule has 11 nitrogen and oxygen atoms in total. The van der Waals surface area contributed by atoms with Gasteiger partial charge >= 0.3 is 5.97 Å². The van der Waals surface area contributed by atoms with Gasteiger partial charge in [0, 0.05) is 6.42 Å². The third-order valence-corrected chi connectivity index (χ3v) is 3.31. The normalized spacial score (nSPS) is 34.7. The lowest BCUT2D eigenvalue weighted by molar-refractivity contribution is -0.295. The average molecular weight is 325 g/mol. The third kappa shape index (κ3) is 3.89. The molecular weight excluding hydrogens is 306 g/mol. The molecule has 0 aliphatic carbocycles. The predicted molar refractivity (Wildman–Crippen MR) is 66.2 cm³/mol. The van der Waals surface area contributed by atoms with Crippen LogP contribution in [0.2, 0.25) is 0 Å². The minimum Gasteiger partial charge on any atom is -0.477 e. The van der Waals surface area contributed by atoms with Crippen molar-refractivity contribution in [3.8, 4) is 0 Å². The highest BCUT2D eigenvalue weighted by Crippen LogP contribution is 2.30. The number of aliphatic carboxylic acids is 1. The zero-order chi connectivity index (χ0) is 17.1. The fourth-order valence-electron chi connectivity index (χ4n) is 2.13. The number of hydrogen-bond acceptors (Lipinski definition) is 9. The molecule has 1 aliphatic rings. The minimum absolute atomic E-state index is 0.822. The van der Waals surface area contributed by atoms with Gasteiger partial charge in [-0.15, -0.1) is 0 Å². The van der Waals surface area contributed by atoms with E-state index in [1.165, 1.54) is 0 Å². The summed E-state index contributed by atoms with van der Waals surface area (Å²) in [5.41, 5.74) is 0. The number of hydrogen-bond donors (Lipinski definition) is 8. The third-order valence-electron chi connectivity index (χ3n) is 3.31. The maximum atomic E-state index is 11.2. The van der Waals surface area contributed by atoms with E-state index in [2.05, 4.69) is 5.32 Å². The molecule has 0 radical (unpaired) electrons. The zero-order valence-electron chi connectivity index (χ0n) is 11.4. The fraction of sp³-hybridized carbons (Fsp3) is 0.818. The van der Waals surface area contributed by atoms with Crippen molar-refractivity contribution in [2.24, 2.45) is 0 Å². The van der Waals surface area contributed by atoms with E-state index >= 15 is 0 Å². The van der Waals surface area contributed by atoms with Gasteiger partial charge in [-0.05, 0) is 0 Å². The first-order valence-corrected chi connectivity index (χ1v) is 6.35. The fourth-order valence-corrected chi connectivity index (χ4v) is 2.13. The highest BCUT2D eigenvalue weighted by atomic mass is 16.7. The van der Waals surface area contributed by atoms with Crippen molar-refractivity contribution in [3.05, 3.63) is 0 Å². The van der Waals surface area contributed by atoms with Gasteiger partial charge in [-0.2, -0.15) is 0 Å². The minimum atomic E-state index is -2.85. The molecule has 0 aromatic rings. The summed E-state index contributed by atoms with van der Waals surface area (Å²) in [7, 11) is 0. The molecule has 1 saturated heterocycles. The number of aliphatic hydroxyl groups is 6. The largest absolute Gasteiger partial charge is 0.477 e. The molecule has 0 aromatic carbocycles. The Kier molecular flexibility index (Phi) is 6.19. The lowest BCUT2D eigenvalue weighted by atomic mass is 9.88. The van der Waals surface area contributed by atoms with Gasteiger partial charge in [0.2, 0.25) is 5.91 Å². The Balaban J connectivity index is 3.07. The SMILES string of the molecule is O=C(CO)N[C@@H]1C([C@H](O)[C@H](O)CO)OC(O)(C(=O)O)C[C@H]1O. The van der Waals surface area contributed by atoms with Crippen LogP contribution in [0.3, 0.4) is 0 Å². The second-order valence-electron chi connectivity index (χ2n) is 4.94. The first-order valence-electron chi connectivity index (χ1n) is 6.35. The maximum Gasteiger partial charge on any atom is 0.364 e. The highest BCUT2D eigenvalue weighted by molar-refractivity contribution is 5.78. The Labute approximate surface area is 124 Å². The second-order valence-corrected chi connectivity index (χ2v) is 4.94. The molecule has 2 unspecified atom stereocenters. The summed E-state index contributed by atoms with van der Waals surface area (Å²) in [6.07, 6.45) is -7.92. The van der Waals surface area contributed by atoms with Crippen LogP contribution in [0.4, 0.5) is 0 Å². The molecule has 0 aromatic heterocycles. The van der Waals surface area contributed by atoms with Gasteiger partial charge in [0.1, 0.15) is 24.9 Å². The Morgan fingerprint density at radius 1 is 1.32 bits per heavy atom. The van der Waals surface area contributed by atoms with E-state index in [-0.39, 0.29) is 0 Å². The van der Waals surface area contributed by atoms with Crippen LogP contribution in [0.1, 0.15) is 6.42 Å². The molecule has 1 rings (SSSR count). The van der Waals surface area contributed by atoms with Crippen molar-refractivity contribution in [2.45, 2.75) is 42.7 Å².